The third-order valence-electron chi connectivity index (χ3n) is 3.58. The highest BCUT2D eigenvalue weighted by molar-refractivity contribution is 6.09. The summed E-state index contributed by atoms with van der Waals surface area (Å²) in [7, 11) is 0. The first-order valence-electron chi connectivity index (χ1n) is 7.90. The zero-order valence-corrected chi connectivity index (χ0v) is 13.6. The quantitative estimate of drug-likeness (QED) is 0.618. The van der Waals surface area contributed by atoms with E-state index in [1.54, 1.807) is 0 Å². The van der Waals surface area contributed by atoms with E-state index in [1.807, 2.05) is 30.3 Å². The van der Waals surface area contributed by atoms with Gasteiger partial charge in [-0.3, -0.25) is 4.79 Å². The Hall–Kier alpha value is -2.93. The van der Waals surface area contributed by atoms with Crippen LogP contribution in [0.25, 0.3) is 6.08 Å². The zero-order chi connectivity index (χ0) is 17.4. The van der Waals surface area contributed by atoms with Gasteiger partial charge < -0.3 is 5.32 Å². The van der Waals surface area contributed by atoms with Gasteiger partial charge >= 0.3 is 0 Å². The summed E-state index contributed by atoms with van der Waals surface area (Å²) >= 11 is 0. The van der Waals surface area contributed by atoms with Crippen LogP contribution >= 0.6 is 0 Å². The van der Waals surface area contributed by atoms with E-state index >= 15 is 0 Å². The van der Waals surface area contributed by atoms with Crippen molar-refractivity contribution in [2.45, 2.75) is 26.2 Å². The Balaban J connectivity index is 2.06. The normalized spacial score (nSPS) is 11.0. The van der Waals surface area contributed by atoms with Crippen molar-refractivity contribution in [3.05, 3.63) is 71.0 Å². The number of hydrogen-bond acceptors (Lipinski definition) is 2. The van der Waals surface area contributed by atoms with Gasteiger partial charge in [0.1, 0.15) is 17.5 Å². The maximum Gasteiger partial charge on any atom is 0.266 e. The summed E-state index contributed by atoms with van der Waals surface area (Å²) in [6.45, 7) is 2.14. The highest BCUT2D eigenvalue weighted by atomic mass is 19.1. The molecular formula is C20H19FN2O. The van der Waals surface area contributed by atoms with E-state index in [0.29, 0.717) is 11.3 Å². The molecule has 0 saturated carbocycles. The van der Waals surface area contributed by atoms with Crippen molar-refractivity contribution in [1.29, 1.82) is 5.26 Å². The van der Waals surface area contributed by atoms with Crippen molar-refractivity contribution in [1.82, 2.24) is 0 Å². The second-order valence-electron chi connectivity index (χ2n) is 5.48. The second kappa shape index (κ2) is 8.64. The van der Waals surface area contributed by atoms with Crippen LogP contribution in [-0.2, 0) is 11.2 Å². The molecule has 0 aromatic heterocycles. The molecule has 0 atom stereocenters. The van der Waals surface area contributed by atoms with Gasteiger partial charge in [0.15, 0.2) is 0 Å². The van der Waals surface area contributed by atoms with Gasteiger partial charge in [-0.2, -0.15) is 5.26 Å². The Morgan fingerprint density at radius 2 is 1.83 bits per heavy atom. The molecule has 0 fully saturated rings. The fraction of sp³-hybridized carbons (Fsp3) is 0.200. The van der Waals surface area contributed by atoms with Crippen LogP contribution < -0.4 is 5.32 Å². The highest BCUT2D eigenvalue weighted by Crippen LogP contribution is 2.14. The Kier molecular flexibility index (Phi) is 6.27. The van der Waals surface area contributed by atoms with Gasteiger partial charge in [-0.05, 0) is 54.3 Å². The summed E-state index contributed by atoms with van der Waals surface area (Å²) < 4.78 is 12.9. The molecule has 4 heteroatoms. The van der Waals surface area contributed by atoms with Gasteiger partial charge in [0.2, 0.25) is 0 Å². The fourth-order valence-electron chi connectivity index (χ4n) is 2.21. The summed E-state index contributed by atoms with van der Waals surface area (Å²) in [5.41, 5.74) is 2.42. The number of rotatable bonds is 6. The van der Waals surface area contributed by atoms with Crippen LogP contribution in [0.1, 0.15) is 30.9 Å². The van der Waals surface area contributed by atoms with Gasteiger partial charge in [-0.25, -0.2) is 4.39 Å². The lowest BCUT2D eigenvalue weighted by molar-refractivity contribution is -0.112. The topological polar surface area (TPSA) is 52.9 Å². The van der Waals surface area contributed by atoms with Crippen molar-refractivity contribution in [2.75, 3.05) is 5.32 Å². The summed E-state index contributed by atoms with van der Waals surface area (Å²) in [4.78, 5) is 12.2. The van der Waals surface area contributed by atoms with E-state index in [2.05, 4.69) is 12.2 Å². The van der Waals surface area contributed by atoms with Crippen LogP contribution in [0.3, 0.4) is 0 Å². The summed E-state index contributed by atoms with van der Waals surface area (Å²) in [6.07, 6.45) is 4.71. The highest BCUT2D eigenvalue weighted by Gasteiger charge is 2.09. The first-order valence-corrected chi connectivity index (χ1v) is 7.90. The molecule has 122 valence electrons. The monoisotopic (exact) mass is 322 g/mol. The van der Waals surface area contributed by atoms with Crippen LogP contribution in [0.4, 0.5) is 10.1 Å². The number of hydrogen-bond donors (Lipinski definition) is 1. The van der Waals surface area contributed by atoms with Gasteiger partial charge in [-0.1, -0.05) is 37.6 Å². The second-order valence-corrected chi connectivity index (χ2v) is 5.48. The number of benzene rings is 2. The van der Waals surface area contributed by atoms with E-state index in [9.17, 15) is 14.4 Å². The fourth-order valence-corrected chi connectivity index (χ4v) is 2.21. The number of nitriles is 1. The summed E-state index contributed by atoms with van der Waals surface area (Å²) in [6, 6.07) is 15.1. The molecule has 0 saturated heterocycles. The summed E-state index contributed by atoms with van der Waals surface area (Å²) in [5, 5.41) is 11.9. The maximum atomic E-state index is 12.9. The van der Waals surface area contributed by atoms with Crippen molar-refractivity contribution >= 4 is 17.7 Å². The molecule has 0 aliphatic heterocycles. The first kappa shape index (κ1) is 17.4. The lowest BCUT2D eigenvalue weighted by Gasteiger charge is -2.06. The number of nitrogens with one attached hydrogen (secondary N) is 1. The Labute approximate surface area is 141 Å². The van der Waals surface area contributed by atoms with Gasteiger partial charge in [-0.15, -0.1) is 0 Å². The van der Waals surface area contributed by atoms with Crippen LogP contribution in [0.5, 0.6) is 0 Å². The minimum atomic E-state index is -0.483. The molecule has 0 radical (unpaired) electrons. The smallest absolute Gasteiger partial charge is 0.266 e. The molecule has 1 N–H and O–H groups in total. The third-order valence-corrected chi connectivity index (χ3v) is 3.58. The van der Waals surface area contributed by atoms with E-state index in [0.717, 1.165) is 19.3 Å². The molecule has 3 nitrogen and oxygen atoms in total. The van der Waals surface area contributed by atoms with E-state index in [-0.39, 0.29) is 11.4 Å². The van der Waals surface area contributed by atoms with Gasteiger partial charge in [0, 0.05) is 5.69 Å². The molecule has 24 heavy (non-hydrogen) atoms. The lowest BCUT2D eigenvalue weighted by atomic mass is 10.1. The van der Waals surface area contributed by atoms with Crippen LogP contribution in [-0.4, -0.2) is 5.91 Å². The minimum Gasteiger partial charge on any atom is -0.321 e. The van der Waals surface area contributed by atoms with E-state index < -0.39 is 5.91 Å². The van der Waals surface area contributed by atoms with Crippen molar-refractivity contribution < 1.29 is 9.18 Å². The molecule has 0 unspecified atom stereocenters. The zero-order valence-electron chi connectivity index (χ0n) is 13.6. The first-order chi connectivity index (χ1) is 11.6. The number of carbonyl (C=O) groups excluding carboxylic acids is 1. The molecule has 0 aliphatic rings. The number of carbonyl (C=O) groups is 1. The molecule has 0 bridgehead atoms. The maximum absolute atomic E-state index is 12.9. The minimum absolute atomic E-state index is 0.0309. The third kappa shape index (κ3) is 5.06. The number of halogens is 1. The SMILES string of the molecule is CCCCc1ccc(NC(=O)/C(C#N)=C/c2ccc(F)cc2)cc1. The number of unbranched alkanes of at least 4 members (excludes halogenated alkanes) is 1. The van der Waals surface area contributed by atoms with Crippen LogP contribution in [0.15, 0.2) is 54.1 Å². The predicted molar refractivity (Wildman–Crippen MR) is 93.7 cm³/mol. The molecule has 2 aromatic rings. The standard InChI is InChI=1S/C20H19FN2O/c1-2-3-4-15-7-11-19(12-8-15)23-20(24)17(14-22)13-16-5-9-18(21)10-6-16/h5-13H,2-4H2,1H3,(H,23,24)/b17-13+. The lowest BCUT2D eigenvalue weighted by Crippen LogP contribution is -2.13. The number of aryl methyl sites for hydroxylation is 1. The Morgan fingerprint density at radius 1 is 1.17 bits per heavy atom. The average molecular weight is 322 g/mol. The van der Waals surface area contributed by atoms with Gasteiger partial charge in [0.05, 0.1) is 0 Å². The predicted octanol–water partition coefficient (Wildman–Crippen LogP) is 4.71. The molecular weight excluding hydrogens is 303 g/mol. The van der Waals surface area contributed by atoms with Gasteiger partial charge in [0.25, 0.3) is 5.91 Å². The Morgan fingerprint density at radius 3 is 2.42 bits per heavy atom. The molecule has 0 spiro atoms. The number of nitrogens with zero attached hydrogens (tertiary/aromatic N) is 1. The molecule has 1 amide bonds. The number of anilines is 1. The van der Waals surface area contributed by atoms with Crippen molar-refractivity contribution in [3.63, 3.8) is 0 Å². The summed E-state index contributed by atoms with van der Waals surface area (Å²) in [5.74, 6) is -0.846. The largest absolute Gasteiger partial charge is 0.321 e. The van der Waals surface area contributed by atoms with E-state index in [4.69, 9.17) is 0 Å². The average Bonchev–Trinajstić information content (AvgIpc) is 2.60. The molecule has 2 aromatic carbocycles. The van der Waals surface area contributed by atoms with Crippen molar-refractivity contribution in [3.8, 4) is 6.07 Å². The Bertz CT molecular complexity index is 756. The van der Waals surface area contributed by atoms with Crippen LogP contribution in [0.2, 0.25) is 0 Å². The van der Waals surface area contributed by atoms with E-state index in [1.165, 1.54) is 35.9 Å². The van der Waals surface area contributed by atoms with Crippen LogP contribution in [0, 0.1) is 17.1 Å². The van der Waals surface area contributed by atoms with Crippen molar-refractivity contribution in [2.24, 2.45) is 0 Å². The molecule has 0 heterocycles. The molecule has 2 rings (SSSR count). The molecule has 0 aliphatic carbocycles. The number of amides is 1.